The summed E-state index contributed by atoms with van der Waals surface area (Å²) in [4.78, 5) is 6.15. The van der Waals surface area contributed by atoms with E-state index in [4.69, 9.17) is 9.72 Å². The number of methoxy groups -OCH3 is 1. The van der Waals surface area contributed by atoms with Gasteiger partial charge in [0.15, 0.2) is 0 Å². The molecule has 0 bridgehead atoms. The Labute approximate surface area is 130 Å². The molecule has 1 aromatic heterocycles. The monoisotopic (exact) mass is 302 g/mol. The summed E-state index contributed by atoms with van der Waals surface area (Å²) in [6, 6.07) is 6.44. The van der Waals surface area contributed by atoms with Gasteiger partial charge in [0.2, 0.25) is 0 Å². The number of hydrogen-bond donors (Lipinski definition) is 1. The van der Waals surface area contributed by atoms with Crippen LogP contribution in [0.15, 0.2) is 18.2 Å². The summed E-state index contributed by atoms with van der Waals surface area (Å²) in [5.41, 5.74) is 3.69. The van der Waals surface area contributed by atoms with Crippen LogP contribution in [0.1, 0.15) is 39.5 Å². The Kier molecular flexibility index (Phi) is 3.76. The average molecular weight is 302 g/mol. The lowest BCUT2D eigenvalue weighted by atomic mass is 9.76. The third kappa shape index (κ3) is 2.27. The zero-order valence-corrected chi connectivity index (χ0v) is 13.9. The first-order valence-corrected chi connectivity index (χ1v) is 8.23. The van der Waals surface area contributed by atoms with E-state index < -0.39 is 0 Å². The van der Waals surface area contributed by atoms with Crippen molar-refractivity contribution in [1.29, 1.82) is 0 Å². The van der Waals surface area contributed by atoms with Crippen LogP contribution in [0.5, 0.6) is 5.75 Å². The van der Waals surface area contributed by atoms with E-state index >= 15 is 0 Å². The molecule has 3 rings (SSSR count). The van der Waals surface area contributed by atoms with Gasteiger partial charge in [0.25, 0.3) is 0 Å². The second kappa shape index (κ2) is 5.43. The highest BCUT2D eigenvalue weighted by molar-refractivity contribution is 7.11. The minimum absolute atomic E-state index is 0.175. The number of benzene rings is 1. The van der Waals surface area contributed by atoms with Crippen molar-refractivity contribution in [3.63, 3.8) is 0 Å². The molecule has 1 aliphatic carbocycles. The van der Waals surface area contributed by atoms with Gasteiger partial charge in [-0.3, -0.25) is 0 Å². The van der Waals surface area contributed by atoms with Gasteiger partial charge in [0.1, 0.15) is 10.8 Å². The minimum Gasteiger partial charge on any atom is -0.497 e. The first-order chi connectivity index (χ1) is 10.1. The van der Waals surface area contributed by atoms with Gasteiger partial charge in [-0.15, -0.1) is 11.3 Å². The Morgan fingerprint density at radius 2 is 2.14 bits per heavy atom. The molecule has 1 unspecified atom stereocenters. The standard InChI is InChI=1S/C17H22N2OS/c1-11-12(2)21-16(19-11)17(18-3)9-5-6-13-7-8-14(20-4)10-15(13)17/h7-8,10,18H,5-6,9H2,1-4H3. The predicted molar refractivity (Wildman–Crippen MR) is 87.4 cm³/mol. The van der Waals surface area contributed by atoms with Gasteiger partial charge < -0.3 is 10.1 Å². The first-order valence-electron chi connectivity index (χ1n) is 7.41. The molecular formula is C17H22N2OS. The van der Waals surface area contributed by atoms with E-state index in [0.717, 1.165) is 24.3 Å². The Morgan fingerprint density at radius 3 is 2.76 bits per heavy atom. The van der Waals surface area contributed by atoms with Crippen molar-refractivity contribution in [2.45, 2.75) is 38.6 Å². The second-order valence-electron chi connectivity index (χ2n) is 5.69. The molecule has 2 aromatic rings. The zero-order valence-electron chi connectivity index (χ0n) is 13.1. The van der Waals surface area contributed by atoms with E-state index in [1.807, 2.05) is 7.05 Å². The molecule has 21 heavy (non-hydrogen) atoms. The molecule has 0 saturated heterocycles. The average Bonchev–Trinajstić information content (AvgIpc) is 2.85. The maximum Gasteiger partial charge on any atom is 0.119 e. The SMILES string of the molecule is CNC1(c2nc(C)c(C)s2)CCCc2ccc(OC)cc21. The fraction of sp³-hybridized carbons (Fsp3) is 0.471. The topological polar surface area (TPSA) is 34.2 Å². The van der Waals surface area contributed by atoms with Crippen LogP contribution in [0.25, 0.3) is 0 Å². The highest BCUT2D eigenvalue weighted by atomic mass is 32.1. The van der Waals surface area contributed by atoms with Crippen LogP contribution >= 0.6 is 11.3 Å². The van der Waals surface area contributed by atoms with Gasteiger partial charge in [-0.2, -0.15) is 0 Å². The van der Waals surface area contributed by atoms with Gasteiger partial charge in [-0.05, 0) is 63.4 Å². The van der Waals surface area contributed by atoms with Gasteiger partial charge in [0, 0.05) is 4.88 Å². The number of ether oxygens (including phenoxy) is 1. The van der Waals surface area contributed by atoms with Crippen LogP contribution in [0, 0.1) is 13.8 Å². The largest absolute Gasteiger partial charge is 0.497 e. The molecule has 0 aliphatic heterocycles. The number of rotatable bonds is 3. The van der Waals surface area contributed by atoms with Crippen molar-refractivity contribution in [3.8, 4) is 5.75 Å². The Balaban J connectivity index is 2.20. The van der Waals surface area contributed by atoms with Crippen molar-refractivity contribution in [2.75, 3.05) is 14.2 Å². The number of aryl methyl sites for hydroxylation is 3. The molecule has 1 heterocycles. The second-order valence-corrected chi connectivity index (χ2v) is 6.90. The normalized spacial score (nSPS) is 21.1. The lowest BCUT2D eigenvalue weighted by molar-refractivity contribution is 0.362. The summed E-state index contributed by atoms with van der Waals surface area (Å²) in [5.74, 6) is 0.917. The van der Waals surface area contributed by atoms with Crippen LogP contribution < -0.4 is 10.1 Å². The highest BCUT2D eigenvalue weighted by Crippen LogP contribution is 2.43. The molecular weight excluding hydrogens is 280 g/mol. The lowest BCUT2D eigenvalue weighted by Crippen LogP contribution is -2.43. The van der Waals surface area contributed by atoms with Crippen LogP contribution in [0.3, 0.4) is 0 Å². The molecule has 112 valence electrons. The van der Waals surface area contributed by atoms with E-state index in [1.165, 1.54) is 27.4 Å². The molecule has 1 aromatic carbocycles. The number of thiazole rings is 1. The molecule has 0 spiro atoms. The molecule has 0 amide bonds. The summed E-state index contributed by atoms with van der Waals surface area (Å²) in [7, 11) is 3.77. The van der Waals surface area contributed by atoms with Gasteiger partial charge in [0.05, 0.1) is 18.3 Å². The van der Waals surface area contributed by atoms with Gasteiger partial charge in [-0.1, -0.05) is 6.07 Å². The summed E-state index contributed by atoms with van der Waals surface area (Å²) in [5, 5.41) is 4.75. The predicted octanol–water partition coefficient (Wildman–Crippen LogP) is 3.57. The van der Waals surface area contributed by atoms with Crippen LogP contribution in [-0.2, 0) is 12.0 Å². The van der Waals surface area contributed by atoms with E-state index in [0.29, 0.717) is 0 Å². The highest BCUT2D eigenvalue weighted by Gasteiger charge is 2.40. The summed E-state index contributed by atoms with van der Waals surface area (Å²) in [6.07, 6.45) is 3.39. The molecule has 0 radical (unpaired) electrons. The molecule has 1 N–H and O–H groups in total. The van der Waals surface area contributed by atoms with E-state index in [2.05, 4.69) is 37.4 Å². The van der Waals surface area contributed by atoms with Gasteiger partial charge in [-0.25, -0.2) is 4.98 Å². The fourth-order valence-electron chi connectivity index (χ4n) is 3.22. The van der Waals surface area contributed by atoms with Crippen molar-refractivity contribution in [2.24, 2.45) is 0 Å². The zero-order chi connectivity index (χ0) is 15.0. The van der Waals surface area contributed by atoms with Crippen LogP contribution in [-0.4, -0.2) is 19.1 Å². The van der Waals surface area contributed by atoms with E-state index in [-0.39, 0.29) is 5.54 Å². The molecule has 4 heteroatoms. The van der Waals surface area contributed by atoms with Crippen molar-refractivity contribution >= 4 is 11.3 Å². The fourth-order valence-corrected chi connectivity index (χ4v) is 4.37. The number of aromatic nitrogens is 1. The summed E-state index contributed by atoms with van der Waals surface area (Å²) >= 11 is 1.81. The number of nitrogens with one attached hydrogen (secondary N) is 1. The number of hydrogen-bond acceptors (Lipinski definition) is 4. The Morgan fingerprint density at radius 1 is 1.33 bits per heavy atom. The van der Waals surface area contributed by atoms with Crippen molar-refractivity contribution in [3.05, 3.63) is 44.9 Å². The molecule has 3 nitrogen and oxygen atoms in total. The van der Waals surface area contributed by atoms with Crippen molar-refractivity contribution in [1.82, 2.24) is 10.3 Å². The smallest absolute Gasteiger partial charge is 0.119 e. The number of fused-ring (bicyclic) bond motifs is 1. The quantitative estimate of drug-likeness (QED) is 0.941. The maximum absolute atomic E-state index is 5.44. The lowest BCUT2D eigenvalue weighted by Gasteiger charge is -2.37. The van der Waals surface area contributed by atoms with E-state index in [9.17, 15) is 0 Å². The molecule has 1 aliphatic rings. The maximum atomic E-state index is 5.44. The minimum atomic E-state index is -0.175. The Hall–Kier alpha value is -1.39. The van der Waals surface area contributed by atoms with E-state index in [1.54, 1.807) is 18.4 Å². The molecule has 1 atom stereocenters. The third-order valence-corrected chi connectivity index (χ3v) is 5.83. The third-order valence-electron chi connectivity index (χ3n) is 4.60. The molecule has 0 fully saturated rings. The van der Waals surface area contributed by atoms with Crippen molar-refractivity contribution < 1.29 is 4.74 Å². The summed E-state index contributed by atoms with van der Waals surface area (Å²) < 4.78 is 5.44. The van der Waals surface area contributed by atoms with Crippen LogP contribution in [0.2, 0.25) is 0 Å². The van der Waals surface area contributed by atoms with Gasteiger partial charge >= 0.3 is 0 Å². The Bertz CT molecular complexity index is 645. The van der Waals surface area contributed by atoms with Crippen LogP contribution in [0.4, 0.5) is 0 Å². The summed E-state index contributed by atoms with van der Waals surface area (Å²) in [6.45, 7) is 4.24. The number of nitrogens with zero attached hydrogens (tertiary/aromatic N) is 1. The first kappa shape index (κ1) is 14.5. The molecule has 0 saturated carbocycles.